The topological polar surface area (TPSA) is 152 Å². The molecule has 3 aromatic rings. The maximum Gasteiger partial charge on any atom is 0.281 e. The van der Waals surface area contributed by atoms with Crippen LogP contribution >= 0.6 is 11.3 Å². The average molecular weight is 566 g/mol. The lowest BCUT2D eigenvalue weighted by Crippen LogP contribution is -2.31. The van der Waals surface area contributed by atoms with Crippen LogP contribution in [0.5, 0.6) is 0 Å². The Hall–Kier alpha value is -3.88. The third-order valence-electron chi connectivity index (χ3n) is 6.47. The van der Waals surface area contributed by atoms with Crippen LogP contribution in [0, 0.1) is 36.5 Å². The summed E-state index contributed by atoms with van der Waals surface area (Å²) in [6, 6.07) is 10.5. The number of sulfonamides is 1. The van der Waals surface area contributed by atoms with Crippen LogP contribution in [-0.4, -0.2) is 65.4 Å². The number of amides is 1. The number of hydrogen-bond donors (Lipinski definition) is 1. The first-order valence-corrected chi connectivity index (χ1v) is 14.5. The number of nitriles is 2. The fraction of sp³-hybridized carbons (Fsp3) is 0.346. The van der Waals surface area contributed by atoms with Gasteiger partial charge in [0.25, 0.3) is 11.8 Å². The minimum absolute atomic E-state index is 0.142. The quantitative estimate of drug-likeness (QED) is 0.409. The fourth-order valence-corrected chi connectivity index (χ4v) is 6.98. The van der Waals surface area contributed by atoms with E-state index in [0.29, 0.717) is 34.9 Å². The van der Waals surface area contributed by atoms with Crippen molar-refractivity contribution in [2.24, 2.45) is 0 Å². The summed E-state index contributed by atoms with van der Waals surface area (Å²) in [7, 11) is -4.09. The van der Waals surface area contributed by atoms with Gasteiger partial charge >= 0.3 is 0 Å². The molecule has 0 fully saturated rings. The summed E-state index contributed by atoms with van der Waals surface area (Å²) >= 11 is 1.36. The first kappa shape index (κ1) is 28.1. The zero-order chi connectivity index (χ0) is 28.3. The Labute approximate surface area is 230 Å². The average Bonchev–Trinajstić information content (AvgIpc) is 3.45. The van der Waals surface area contributed by atoms with Crippen molar-refractivity contribution in [3.8, 4) is 12.1 Å². The molecule has 202 valence electrons. The highest BCUT2D eigenvalue weighted by Gasteiger charge is 2.30. The van der Waals surface area contributed by atoms with Gasteiger partial charge in [-0.25, -0.2) is 13.1 Å². The van der Waals surface area contributed by atoms with Gasteiger partial charge in [-0.05, 0) is 62.7 Å². The third-order valence-corrected chi connectivity index (χ3v) is 9.41. The third kappa shape index (κ3) is 5.62. The molecule has 39 heavy (non-hydrogen) atoms. The van der Waals surface area contributed by atoms with E-state index in [9.17, 15) is 18.0 Å². The Morgan fingerprint density at radius 1 is 1.15 bits per heavy atom. The number of anilines is 1. The predicted molar refractivity (Wildman–Crippen MR) is 145 cm³/mol. The van der Waals surface area contributed by atoms with Crippen molar-refractivity contribution in [1.82, 2.24) is 19.0 Å². The van der Waals surface area contributed by atoms with Crippen molar-refractivity contribution in [3.63, 3.8) is 0 Å². The van der Waals surface area contributed by atoms with E-state index in [-0.39, 0.29) is 16.4 Å². The van der Waals surface area contributed by atoms with E-state index in [1.165, 1.54) is 40.3 Å². The minimum atomic E-state index is -4.09. The van der Waals surface area contributed by atoms with Crippen LogP contribution in [-0.2, 0) is 23.0 Å². The molecular formula is C26H27N7O4S2. The summed E-state index contributed by atoms with van der Waals surface area (Å²) in [5, 5.41) is 25.5. The monoisotopic (exact) mass is 565 g/mol. The van der Waals surface area contributed by atoms with Gasteiger partial charge in [-0.15, -0.1) is 11.3 Å². The lowest BCUT2D eigenvalue weighted by atomic mass is 10.0. The highest BCUT2D eigenvalue weighted by molar-refractivity contribution is 7.89. The first-order chi connectivity index (χ1) is 18.6. The van der Waals surface area contributed by atoms with E-state index < -0.39 is 29.0 Å². The molecule has 1 amide bonds. The summed E-state index contributed by atoms with van der Waals surface area (Å²) in [5.74, 6) is -0.812. The van der Waals surface area contributed by atoms with Crippen LogP contribution in [0.4, 0.5) is 5.00 Å². The maximum absolute atomic E-state index is 13.7. The molecule has 4 rings (SSSR count). The number of hydrogen-bond acceptors (Lipinski definition) is 9. The van der Waals surface area contributed by atoms with Crippen LogP contribution in [0.15, 0.2) is 35.2 Å². The normalized spacial score (nSPS) is 13.5. The minimum Gasteiger partial charge on any atom is -0.313 e. The number of aryl methyl sites for hydroxylation is 2. The van der Waals surface area contributed by atoms with Gasteiger partial charge in [-0.3, -0.25) is 14.5 Å². The van der Waals surface area contributed by atoms with Crippen LogP contribution in [0.1, 0.15) is 49.5 Å². The molecule has 0 saturated heterocycles. The van der Waals surface area contributed by atoms with Crippen LogP contribution in [0.25, 0.3) is 0 Å². The molecule has 0 spiro atoms. The summed E-state index contributed by atoms with van der Waals surface area (Å²) in [5.41, 5.74) is 2.93. The summed E-state index contributed by atoms with van der Waals surface area (Å²) in [6.45, 7) is 7.10. The molecule has 1 aliphatic rings. The fourth-order valence-electron chi connectivity index (χ4n) is 4.47. The molecular weight excluding hydrogens is 538 g/mol. The van der Waals surface area contributed by atoms with E-state index in [1.807, 2.05) is 13.0 Å². The largest absolute Gasteiger partial charge is 0.313 e. The van der Waals surface area contributed by atoms with Gasteiger partial charge in [0.1, 0.15) is 18.1 Å². The zero-order valence-electron chi connectivity index (χ0n) is 21.8. The van der Waals surface area contributed by atoms with Crippen molar-refractivity contribution in [3.05, 3.63) is 63.3 Å². The summed E-state index contributed by atoms with van der Waals surface area (Å²) in [4.78, 5) is 30.0. The number of carbonyl (C=O) groups is 2. The standard InChI is InChI=1S/C26H27N7O4S2/c1-4-31-12-9-21-22(16-31)38-25(23(21)26(35)33-18(3)15-17(2)30-33)29-24(34)19-5-7-20(8-6-19)39(36,37)32(13-10-27)14-11-28/h5-8,15H,4,9,12-14,16H2,1-3H3,(H,29,34). The second kappa shape index (κ2) is 11.5. The molecule has 0 radical (unpaired) electrons. The predicted octanol–water partition coefficient (Wildman–Crippen LogP) is 2.92. The molecule has 0 aliphatic carbocycles. The summed E-state index contributed by atoms with van der Waals surface area (Å²) < 4.78 is 27.7. The molecule has 11 nitrogen and oxygen atoms in total. The molecule has 1 N–H and O–H groups in total. The van der Waals surface area contributed by atoms with E-state index in [2.05, 4.69) is 22.2 Å². The number of aromatic nitrogens is 2. The van der Waals surface area contributed by atoms with E-state index in [1.54, 1.807) is 19.1 Å². The number of nitrogens with one attached hydrogen (secondary N) is 1. The molecule has 0 saturated carbocycles. The SMILES string of the molecule is CCN1CCc2c(sc(NC(=O)c3ccc(S(=O)(=O)N(CC#N)CC#N)cc3)c2C(=O)n2nc(C)cc2C)C1. The Morgan fingerprint density at radius 2 is 1.82 bits per heavy atom. The lowest BCUT2D eigenvalue weighted by molar-refractivity contribution is 0.0942. The van der Waals surface area contributed by atoms with Gasteiger partial charge in [0.2, 0.25) is 10.0 Å². The Bertz CT molecular complexity index is 1590. The second-order valence-electron chi connectivity index (χ2n) is 9.04. The number of thiophene rings is 1. The number of rotatable bonds is 8. The molecule has 0 atom stereocenters. The maximum atomic E-state index is 13.7. The van der Waals surface area contributed by atoms with Crippen LogP contribution in [0.2, 0.25) is 0 Å². The van der Waals surface area contributed by atoms with Crippen molar-refractivity contribution < 1.29 is 18.0 Å². The van der Waals surface area contributed by atoms with Gasteiger partial charge in [0.05, 0.1) is 28.3 Å². The molecule has 0 bridgehead atoms. The first-order valence-electron chi connectivity index (χ1n) is 12.2. The number of likely N-dealkylation sites (N-methyl/N-ethyl adjacent to an activating group) is 1. The molecule has 1 aliphatic heterocycles. The lowest BCUT2D eigenvalue weighted by Gasteiger charge is -2.25. The van der Waals surface area contributed by atoms with E-state index >= 15 is 0 Å². The zero-order valence-corrected chi connectivity index (χ0v) is 23.4. The number of fused-ring (bicyclic) bond motifs is 1. The number of nitrogens with zero attached hydrogens (tertiary/aromatic N) is 6. The van der Waals surface area contributed by atoms with Crippen molar-refractivity contribution in [1.29, 1.82) is 10.5 Å². The highest BCUT2D eigenvalue weighted by atomic mass is 32.2. The molecule has 2 aromatic heterocycles. The van der Waals surface area contributed by atoms with Gasteiger partial charge in [0.15, 0.2) is 0 Å². The van der Waals surface area contributed by atoms with Crippen LogP contribution in [0.3, 0.4) is 0 Å². The number of carbonyl (C=O) groups excluding carboxylic acids is 2. The van der Waals surface area contributed by atoms with Crippen molar-refractivity contribution in [2.75, 3.05) is 31.5 Å². The van der Waals surface area contributed by atoms with Crippen LogP contribution < -0.4 is 5.32 Å². The summed E-state index contributed by atoms with van der Waals surface area (Å²) in [6.07, 6.45) is 0.671. The number of benzene rings is 1. The Morgan fingerprint density at radius 3 is 2.38 bits per heavy atom. The van der Waals surface area contributed by atoms with Gasteiger partial charge in [-0.2, -0.15) is 19.9 Å². The van der Waals surface area contributed by atoms with E-state index in [4.69, 9.17) is 10.5 Å². The van der Waals surface area contributed by atoms with Crippen molar-refractivity contribution >= 4 is 38.2 Å². The molecule has 3 heterocycles. The molecule has 1 aromatic carbocycles. The second-order valence-corrected chi connectivity index (χ2v) is 12.1. The highest BCUT2D eigenvalue weighted by Crippen LogP contribution is 2.38. The van der Waals surface area contributed by atoms with E-state index in [0.717, 1.165) is 27.8 Å². The van der Waals surface area contributed by atoms with Gasteiger partial charge in [0, 0.05) is 29.2 Å². The Balaban J connectivity index is 1.65. The molecule has 0 unspecified atom stereocenters. The molecule has 13 heteroatoms. The van der Waals surface area contributed by atoms with Crippen molar-refractivity contribution in [2.45, 2.75) is 38.6 Å². The Kier molecular flexibility index (Phi) is 8.28. The van der Waals surface area contributed by atoms with Gasteiger partial charge < -0.3 is 5.32 Å². The van der Waals surface area contributed by atoms with Gasteiger partial charge in [-0.1, -0.05) is 6.92 Å². The smallest absolute Gasteiger partial charge is 0.281 e.